The predicted molar refractivity (Wildman–Crippen MR) is 47.6 cm³/mol. The summed E-state index contributed by atoms with van der Waals surface area (Å²) < 4.78 is 5.74. The summed E-state index contributed by atoms with van der Waals surface area (Å²) in [6, 6.07) is 0. The Morgan fingerprint density at radius 3 is 2.55 bits per heavy atom. The van der Waals surface area contributed by atoms with Gasteiger partial charge in [-0.1, -0.05) is 13.3 Å². The van der Waals surface area contributed by atoms with Crippen molar-refractivity contribution < 1.29 is 4.74 Å². The van der Waals surface area contributed by atoms with Crippen LogP contribution in [0.4, 0.5) is 0 Å². The van der Waals surface area contributed by atoms with Gasteiger partial charge in [-0.15, -0.1) is 0 Å². The number of rotatable bonds is 3. The molecule has 0 heterocycles. The highest BCUT2D eigenvalue weighted by Crippen LogP contribution is 2.30. The molecule has 2 unspecified atom stereocenters. The smallest absolute Gasteiger partial charge is 0.0581 e. The summed E-state index contributed by atoms with van der Waals surface area (Å²) in [6.07, 6.45) is 6.28. The molecule has 0 aliphatic heterocycles. The van der Waals surface area contributed by atoms with Gasteiger partial charge in [0.15, 0.2) is 0 Å². The zero-order valence-electron chi connectivity index (χ0n) is 7.97. The molecule has 0 saturated heterocycles. The summed E-state index contributed by atoms with van der Waals surface area (Å²) in [4.78, 5) is 0. The van der Waals surface area contributed by atoms with Gasteiger partial charge in [0.1, 0.15) is 0 Å². The lowest BCUT2D eigenvalue weighted by atomic mass is 10.1. The highest BCUT2D eigenvalue weighted by molar-refractivity contribution is 4.75. The summed E-state index contributed by atoms with van der Waals surface area (Å²) in [7, 11) is 0. The van der Waals surface area contributed by atoms with Crippen LogP contribution in [0.1, 0.15) is 46.5 Å². The van der Waals surface area contributed by atoms with Gasteiger partial charge in [0, 0.05) is 0 Å². The highest BCUT2D eigenvalue weighted by Gasteiger charge is 2.24. The summed E-state index contributed by atoms with van der Waals surface area (Å²) >= 11 is 0. The molecule has 1 heteroatoms. The van der Waals surface area contributed by atoms with Crippen LogP contribution in [0.3, 0.4) is 0 Å². The molecule has 0 radical (unpaired) electrons. The van der Waals surface area contributed by atoms with Gasteiger partial charge in [0.05, 0.1) is 12.2 Å². The van der Waals surface area contributed by atoms with E-state index in [1.54, 1.807) is 0 Å². The van der Waals surface area contributed by atoms with E-state index in [4.69, 9.17) is 4.74 Å². The molecule has 1 rings (SSSR count). The average molecular weight is 156 g/mol. The molecule has 0 spiro atoms. The van der Waals surface area contributed by atoms with Crippen molar-refractivity contribution in [2.45, 2.75) is 58.7 Å². The summed E-state index contributed by atoms with van der Waals surface area (Å²) in [5.74, 6) is 0.943. The lowest BCUT2D eigenvalue weighted by Crippen LogP contribution is -2.14. The quantitative estimate of drug-likeness (QED) is 0.610. The normalized spacial score (nSPS) is 31.6. The molecule has 1 nitrogen and oxygen atoms in total. The van der Waals surface area contributed by atoms with Crippen LogP contribution in [0, 0.1) is 5.92 Å². The second-order valence-electron chi connectivity index (χ2n) is 3.89. The van der Waals surface area contributed by atoms with E-state index in [-0.39, 0.29) is 0 Å². The molecule has 1 aliphatic rings. The predicted octanol–water partition coefficient (Wildman–Crippen LogP) is 2.99. The van der Waals surface area contributed by atoms with Gasteiger partial charge >= 0.3 is 0 Å². The molecule has 0 aromatic heterocycles. The first-order chi connectivity index (χ1) is 5.22. The van der Waals surface area contributed by atoms with Gasteiger partial charge < -0.3 is 4.74 Å². The fraction of sp³-hybridized carbons (Fsp3) is 1.00. The van der Waals surface area contributed by atoms with Crippen LogP contribution in [0.15, 0.2) is 0 Å². The summed E-state index contributed by atoms with van der Waals surface area (Å²) in [6.45, 7) is 6.53. The van der Waals surface area contributed by atoms with Crippen molar-refractivity contribution in [3.8, 4) is 0 Å². The molecule has 0 aromatic carbocycles. The maximum absolute atomic E-state index is 5.74. The SMILES string of the molecule is CCC1CCC(OC(C)C)C1. The van der Waals surface area contributed by atoms with Gasteiger partial charge in [-0.05, 0) is 39.0 Å². The first-order valence-electron chi connectivity index (χ1n) is 4.87. The van der Waals surface area contributed by atoms with Crippen molar-refractivity contribution >= 4 is 0 Å². The van der Waals surface area contributed by atoms with E-state index in [0.717, 1.165) is 5.92 Å². The van der Waals surface area contributed by atoms with Crippen LogP contribution in [0.2, 0.25) is 0 Å². The van der Waals surface area contributed by atoms with Crippen LogP contribution >= 0.6 is 0 Å². The van der Waals surface area contributed by atoms with Crippen LogP contribution < -0.4 is 0 Å². The first-order valence-corrected chi connectivity index (χ1v) is 4.87. The zero-order chi connectivity index (χ0) is 8.27. The molecule has 1 saturated carbocycles. The van der Waals surface area contributed by atoms with Crippen molar-refractivity contribution in [2.75, 3.05) is 0 Å². The van der Waals surface area contributed by atoms with Crippen molar-refractivity contribution in [2.24, 2.45) is 5.92 Å². The Hall–Kier alpha value is -0.0400. The van der Waals surface area contributed by atoms with Crippen molar-refractivity contribution in [3.05, 3.63) is 0 Å². The Bertz CT molecular complexity index is 109. The van der Waals surface area contributed by atoms with Crippen LogP contribution in [0.25, 0.3) is 0 Å². The molecule has 0 N–H and O–H groups in total. The lowest BCUT2D eigenvalue weighted by molar-refractivity contribution is 0.0102. The van der Waals surface area contributed by atoms with Crippen LogP contribution in [0.5, 0.6) is 0 Å². The molecule has 0 aromatic rings. The minimum Gasteiger partial charge on any atom is -0.376 e. The van der Waals surface area contributed by atoms with E-state index in [0.29, 0.717) is 12.2 Å². The molecular formula is C10H20O. The van der Waals surface area contributed by atoms with Crippen molar-refractivity contribution in [3.63, 3.8) is 0 Å². The monoisotopic (exact) mass is 156 g/mol. The standard InChI is InChI=1S/C10H20O/c1-4-9-5-6-10(7-9)11-8(2)3/h8-10H,4-7H2,1-3H3. The Morgan fingerprint density at radius 2 is 2.09 bits per heavy atom. The lowest BCUT2D eigenvalue weighted by Gasteiger charge is -2.14. The molecule has 11 heavy (non-hydrogen) atoms. The molecule has 66 valence electrons. The summed E-state index contributed by atoms with van der Waals surface area (Å²) in [5, 5.41) is 0. The van der Waals surface area contributed by atoms with E-state index < -0.39 is 0 Å². The van der Waals surface area contributed by atoms with Crippen LogP contribution in [-0.2, 0) is 4.74 Å². The van der Waals surface area contributed by atoms with Gasteiger partial charge in [-0.3, -0.25) is 0 Å². The number of hydrogen-bond acceptors (Lipinski definition) is 1. The number of hydrogen-bond donors (Lipinski definition) is 0. The molecule has 1 fully saturated rings. The fourth-order valence-electron chi connectivity index (χ4n) is 1.91. The minimum absolute atomic E-state index is 0.413. The van der Waals surface area contributed by atoms with E-state index in [1.807, 2.05) is 0 Å². The van der Waals surface area contributed by atoms with E-state index >= 15 is 0 Å². The molecule has 0 amide bonds. The molecule has 1 aliphatic carbocycles. The van der Waals surface area contributed by atoms with Gasteiger partial charge in [0.25, 0.3) is 0 Å². The van der Waals surface area contributed by atoms with Gasteiger partial charge in [-0.25, -0.2) is 0 Å². The van der Waals surface area contributed by atoms with E-state index in [9.17, 15) is 0 Å². The Balaban J connectivity index is 2.19. The third-order valence-corrected chi connectivity index (χ3v) is 2.54. The maximum Gasteiger partial charge on any atom is 0.0581 e. The largest absolute Gasteiger partial charge is 0.376 e. The van der Waals surface area contributed by atoms with Crippen molar-refractivity contribution in [1.82, 2.24) is 0 Å². The fourth-order valence-corrected chi connectivity index (χ4v) is 1.91. The average Bonchev–Trinajstić information content (AvgIpc) is 2.34. The van der Waals surface area contributed by atoms with E-state index in [1.165, 1.54) is 25.7 Å². The van der Waals surface area contributed by atoms with Gasteiger partial charge in [-0.2, -0.15) is 0 Å². The Kier molecular flexibility index (Phi) is 3.38. The Labute approximate surface area is 70.1 Å². The minimum atomic E-state index is 0.413. The second kappa shape index (κ2) is 4.10. The molecule has 0 bridgehead atoms. The number of ether oxygens (including phenoxy) is 1. The Morgan fingerprint density at radius 1 is 1.36 bits per heavy atom. The topological polar surface area (TPSA) is 9.23 Å². The zero-order valence-corrected chi connectivity index (χ0v) is 7.97. The molecule has 2 atom stereocenters. The van der Waals surface area contributed by atoms with Crippen molar-refractivity contribution in [1.29, 1.82) is 0 Å². The van der Waals surface area contributed by atoms with Gasteiger partial charge in [0.2, 0.25) is 0 Å². The second-order valence-corrected chi connectivity index (χ2v) is 3.89. The third kappa shape index (κ3) is 2.82. The van der Waals surface area contributed by atoms with E-state index in [2.05, 4.69) is 20.8 Å². The molecular weight excluding hydrogens is 136 g/mol. The first kappa shape index (κ1) is 9.05. The maximum atomic E-state index is 5.74. The summed E-state index contributed by atoms with van der Waals surface area (Å²) in [5.41, 5.74) is 0. The van der Waals surface area contributed by atoms with Crippen LogP contribution in [-0.4, -0.2) is 12.2 Å². The highest BCUT2D eigenvalue weighted by atomic mass is 16.5. The third-order valence-electron chi connectivity index (χ3n) is 2.54.